The van der Waals surface area contributed by atoms with E-state index in [-0.39, 0.29) is 17.3 Å². The van der Waals surface area contributed by atoms with Crippen molar-refractivity contribution < 1.29 is 24.0 Å². The standard InChI is InChI=1S/C18H22N4O6/c23-16(20-18(25)19-13-5-6-13)11-28-17(24)12-4-7-14(15(10-12)22(26)27)21-8-2-1-3-9-21/h4,7,10,13H,1-3,5-6,8-9,11H2,(H2,19,20,23,25). The lowest BCUT2D eigenvalue weighted by Crippen LogP contribution is -2.42. The summed E-state index contributed by atoms with van der Waals surface area (Å²) >= 11 is 0. The Labute approximate surface area is 161 Å². The number of ether oxygens (including phenoxy) is 1. The topological polar surface area (TPSA) is 131 Å². The van der Waals surface area contributed by atoms with Gasteiger partial charge in [0.15, 0.2) is 6.61 Å². The van der Waals surface area contributed by atoms with Crippen LogP contribution >= 0.6 is 0 Å². The van der Waals surface area contributed by atoms with E-state index in [1.165, 1.54) is 12.1 Å². The van der Waals surface area contributed by atoms with Crippen LogP contribution in [0.2, 0.25) is 0 Å². The zero-order valence-electron chi connectivity index (χ0n) is 15.3. The van der Waals surface area contributed by atoms with E-state index in [2.05, 4.69) is 10.6 Å². The summed E-state index contributed by atoms with van der Waals surface area (Å²) in [5.74, 6) is -1.64. The van der Waals surface area contributed by atoms with E-state index in [0.717, 1.165) is 51.3 Å². The number of nitro groups is 1. The maximum Gasteiger partial charge on any atom is 0.338 e. The Hall–Kier alpha value is -3.17. The molecule has 2 aliphatic rings. The zero-order chi connectivity index (χ0) is 20.1. The third-order valence-corrected chi connectivity index (χ3v) is 4.60. The van der Waals surface area contributed by atoms with E-state index in [0.29, 0.717) is 5.69 Å². The number of nitro benzene ring substituents is 1. The molecule has 10 nitrogen and oxygen atoms in total. The van der Waals surface area contributed by atoms with Crippen molar-refractivity contribution in [3.05, 3.63) is 33.9 Å². The molecular weight excluding hydrogens is 368 g/mol. The molecular formula is C18H22N4O6. The summed E-state index contributed by atoms with van der Waals surface area (Å²) in [6.45, 7) is 0.806. The van der Waals surface area contributed by atoms with Gasteiger partial charge in [-0.15, -0.1) is 0 Å². The first kappa shape index (κ1) is 19.6. The molecule has 150 valence electrons. The number of carbonyl (C=O) groups is 3. The van der Waals surface area contributed by atoms with E-state index < -0.39 is 29.4 Å². The van der Waals surface area contributed by atoms with E-state index in [4.69, 9.17) is 4.74 Å². The van der Waals surface area contributed by atoms with E-state index >= 15 is 0 Å². The molecule has 3 amide bonds. The van der Waals surface area contributed by atoms with Crippen molar-refractivity contribution in [2.24, 2.45) is 0 Å². The average molecular weight is 390 g/mol. The normalized spacial score (nSPS) is 16.2. The van der Waals surface area contributed by atoms with Gasteiger partial charge in [-0.05, 0) is 44.2 Å². The highest BCUT2D eigenvalue weighted by Crippen LogP contribution is 2.31. The molecule has 0 unspecified atom stereocenters. The highest BCUT2D eigenvalue weighted by atomic mass is 16.6. The van der Waals surface area contributed by atoms with E-state index in [1.807, 2.05) is 4.90 Å². The van der Waals surface area contributed by atoms with Gasteiger partial charge in [0.1, 0.15) is 5.69 Å². The van der Waals surface area contributed by atoms with Gasteiger partial charge in [-0.1, -0.05) is 0 Å². The molecule has 1 saturated heterocycles. The minimum absolute atomic E-state index is 0.0253. The lowest BCUT2D eigenvalue weighted by molar-refractivity contribution is -0.384. The number of esters is 1. The molecule has 1 aromatic carbocycles. The van der Waals surface area contributed by atoms with Gasteiger partial charge in [0.25, 0.3) is 11.6 Å². The summed E-state index contributed by atoms with van der Waals surface area (Å²) in [7, 11) is 0. The number of anilines is 1. The quantitative estimate of drug-likeness (QED) is 0.430. The summed E-state index contributed by atoms with van der Waals surface area (Å²) < 4.78 is 4.86. The van der Waals surface area contributed by atoms with Gasteiger partial charge in [-0.25, -0.2) is 9.59 Å². The van der Waals surface area contributed by atoms with Crippen LogP contribution < -0.4 is 15.5 Å². The fourth-order valence-electron chi connectivity index (χ4n) is 3.03. The Morgan fingerprint density at radius 1 is 1.18 bits per heavy atom. The molecule has 1 saturated carbocycles. The van der Waals surface area contributed by atoms with Crippen LogP contribution in [-0.4, -0.2) is 48.6 Å². The Bertz CT molecular complexity index is 786. The number of imide groups is 1. The molecule has 10 heteroatoms. The number of piperidine rings is 1. The molecule has 0 bridgehead atoms. The van der Waals surface area contributed by atoms with Crippen molar-refractivity contribution in [3.63, 3.8) is 0 Å². The second-order valence-electron chi connectivity index (χ2n) is 6.88. The minimum atomic E-state index is -0.869. The van der Waals surface area contributed by atoms with Crippen molar-refractivity contribution >= 4 is 29.3 Å². The maximum atomic E-state index is 12.1. The first-order chi connectivity index (χ1) is 13.4. The number of hydrogen-bond donors (Lipinski definition) is 2. The number of benzene rings is 1. The van der Waals surface area contributed by atoms with Gasteiger partial charge in [0.2, 0.25) is 0 Å². The predicted molar refractivity (Wildman–Crippen MR) is 99.1 cm³/mol. The van der Waals surface area contributed by atoms with Crippen LogP contribution in [0.5, 0.6) is 0 Å². The maximum absolute atomic E-state index is 12.1. The Balaban J connectivity index is 1.59. The average Bonchev–Trinajstić information content (AvgIpc) is 3.50. The van der Waals surface area contributed by atoms with Crippen LogP contribution in [0.25, 0.3) is 0 Å². The molecule has 2 N–H and O–H groups in total. The van der Waals surface area contributed by atoms with Crippen molar-refractivity contribution in [2.75, 3.05) is 24.6 Å². The number of nitrogens with one attached hydrogen (secondary N) is 2. The summed E-state index contributed by atoms with van der Waals surface area (Å²) in [5.41, 5.74) is 0.267. The van der Waals surface area contributed by atoms with Crippen LogP contribution in [0.3, 0.4) is 0 Å². The highest BCUT2D eigenvalue weighted by Gasteiger charge is 2.25. The lowest BCUT2D eigenvalue weighted by atomic mass is 10.1. The second kappa shape index (κ2) is 8.68. The van der Waals surface area contributed by atoms with Gasteiger partial charge in [-0.3, -0.25) is 20.2 Å². The van der Waals surface area contributed by atoms with Crippen molar-refractivity contribution in [2.45, 2.75) is 38.1 Å². The summed E-state index contributed by atoms with van der Waals surface area (Å²) in [6.07, 6.45) is 4.77. The Kier molecular flexibility index (Phi) is 6.07. The molecule has 0 atom stereocenters. The van der Waals surface area contributed by atoms with Gasteiger partial charge in [-0.2, -0.15) is 0 Å². The van der Waals surface area contributed by atoms with Crippen LogP contribution in [0, 0.1) is 10.1 Å². The Morgan fingerprint density at radius 2 is 1.89 bits per heavy atom. The Morgan fingerprint density at radius 3 is 2.54 bits per heavy atom. The molecule has 1 aliphatic carbocycles. The van der Waals surface area contributed by atoms with E-state index in [9.17, 15) is 24.5 Å². The second-order valence-corrected chi connectivity index (χ2v) is 6.88. The third kappa shape index (κ3) is 5.18. The molecule has 0 spiro atoms. The predicted octanol–water partition coefficient (Wildman–Crippen LogP) is 1.73. The van der Waals surface area contributed by atoms with Gasteiger partial charge in [0, 0.05) is 25.2 Å². The smallest absolute Gasteiger partial charge is 0.338 e. The molecule has 2 fully saturated rings. The molecule has 0 aromatic heterocycles. The number of nitrogens with zero attached hydrogens (tertiary/aromatic N) is 2. The van der Waals surface area contributed by atoms with Gasteiger partial charge >= 0.3 is 12.0 Å². The molecule has 1 aliphatic heterocycles. The van der Waals surface area contributed by atoms with Crippen molar-refractivity contribution in [1.29, 1.82) is 0 Å². The number of carbonyl (C=O) groups excluding carboxylic acids is 3. The first-order valence-electron chi connectivity index (χ1n) is 9.25. The van der Waals surface area contributed by atoms with Crippen molar-refractivity contribution in [3.8, 4) is 0 Å². The molecule has 1 heterocycles. The number of amides is 3. The highest BCUT2D eigenvalue weighted by molar-refractivity contribution is 5.97. The van der Waals surface area contributed by atoms with Crippen LogP contribution in [0.4, 0.5) is 16.2 Å². The largest absolute Gasteiger partial charge is 0.452 e. The summed E-state index contributed by atoms with van der Waals surface area (Å²) in [5, 5.41) is 16.1. The van der Waals surface area contributed by atoms with E-state index in [1.54, 1.807) is 0 Å². The zero-order valence-corrected chi connectivity index (χ0v) is 15.3. The first-order valence-corrected chi connectivity index (χ1v) is 9.25. The summed E-state index contributed by atoms with van der Waals surface area (Å²) in [6, 6.07) is 3.59. The van der Waals surface area contributed by atoms with Crippen LogP contribution in [0.15, 0.2) is 18.2 Å². The summed E-state index contributed by atoms with van der Waals surface area (Å²) in [4.78, 5) is 48.1. The monoisotopic (exact) mass is 390 g/mol. The lowest BCUT2D eigenvalue weighted by Gasteiger charge is -2.28. The van der Waals surface area contributed by atoms with Crippen LogP contribution in [0.1, 0.15) is 42.5 Å². The van der Waals surface area contributed by atoms with Gasteiger partial charge < -0.3 is 15.0 Å². The fraction of sp³-hybridized carbons (Fsp3) is 0.500. The van der Waals surface area contributed by atoms with Crippen LogP contribution in [-0.2, 0) is 9.53 Å². The van der Waals surface area contributed by atoms with Crippen molar-refractivity contribution in [1.82, 2.24) is 10.6 Å². The third-order valence-electron chi connectivity index (χ3n) is 4.60. The SMILES string of the molecule is O=C(COC(=O)c1ccc(N2CCCCC2)c([N+](=O)[O-])c1)NC(=O)NC1CC1. The fourth-order valence-corrected chi connectivity index (χ4v) is 3.03. The minimum Gasteiger partial charge on any atom is -0.452 e. The number of hydrogen-bond acceptors (Lipinski definition) is 7. The molecule has 1 aromatic rings. The number of urea groups is 1. The van der Waals surface area contributed by atoms with Gasteiger partial charge in [0.05, 0.1) is 10.5 Å². The molecule has 28 heavy (non-hydrogen) atoms. The number of rotatable bonds is 6. The molecule has 0 radical (unpaired) electrons. The molecule has 3 rings (SSSR count).